The average molecular weight is 379 g/mol. The summed E-state index contributed by atoms with van der Waals surface area (Å²) in [7, 11) is 0. The molecule has 3 aromatic rings. The first kappa shape index (κ1) is 17.7. The molecule has 4 rings (SSSR count). The Morgan fingerprint density at radius 1 is 1.07 bits per heavy atom. The quantitative estimate of drug-likeness (QED) is 0.674. The van der Waals surface area contributed by atoms with Gasteiger partial charge in [-0.2, -0.15) is 0 Å². The molecular formula is C20H17N3O5. The van der Waals surface area contributed by atoms with Gasteiger partial charge in [0.15, 0.2) is 18.1 Å². The molecule has 1 atom stereocenters. The van der Waals surface area contributed by atoms with Crippen molar-refractivity contribution in [2.75, 3.05) is 19.8 Å². The van der Waals surface area contributed by atoms with Crippen LogP contribution in [0, 0.1) is 0 Å². The van der Waals surface area contributed by atoms with Crippen molar-refractivity contribution in [2.24, 2.45) is 0 Å². The third kappa shape index (κ3) is 4.01. The molecule has 142 valence electrons. The first-order valence-corrected chi connectivity index (χ1v) is 8.72. The number of esters is 1. The van der Waals surface area contributed by atoms with Crippen LogP contribution in [0.15, 0.2) is 54.9 Å². The van der Waals surface area contributed by atoms with Gasteiger partial charge >= 0.3 is 5.97 Å². The lowest BCUT2D eigenvalue weighted by atomic mass is 10.2. The van der Waals surface area contributed by atoms with Crippen molar-refractivity contribution in [3.8, 4) is 11.5 Å². The SMILES string of the molecule is O=C(COC(=O)c1ccc2nccnc2c1)NCC1COc2ccccc2O1. The van der Waals surface area contributed by atoms with Crippen molar-refractivity contribution in [3.05, 3.63) is 60.4 Å². The number of aromatic nitrogens is 2. The van der Waals surface area contributed by atoms with E-state index >= 15 is 0 Å². The molecule has 0 saturated heterocycles. The summed E-state index contributed by atoms with van der Waals surface area (Å²) >= 11 is 0. The highest BCUT2D eigenvalue weighted by atomic mass is 16.6. The van der Waals surface area contributed by atoms with Crippen LogP contribution in [0.25, 0.3) is 11.0 Å². The molecule has 0 spiro atoms. The standard InChI is InChI=1S/C20H17N3O5/c24-19(23-10-14-11-26-17-3-1-2-4-18(17)28-14)12-27-20(25)13-5-6-15-16(9-13)22-8-7-21-15/h1-9,14H,10-12H2,(H,23,24). The van der Waals surface area contributed by atoms with Gasteiger partial charge in [0.2, 0.25) is 0 Å². The second-order valence-corrected chi connectivity index (χ2v) is 6.14. The molecule has 0 saturated carbocycles. The third-order valence-corrected chi connectivity index (χ3v) is 4.13. The number of carbonyl (C=O) groups excluding carboxylic acids is 2. The fourth-order valence-electron chi connectivity index (χ4n) is 2.75. The first-order chi connectivity index (χ1) is 13.7. The van der Waals surface area contributed by atoms with Crippen molar-refractivity contribution in [2.45, 2.75) is 6.10 Å². The normalized spacial score (nSPS) is 15.1. The number of nitrogens with zero attached hydrogens (tertiary/aromatic N) is 2. The molecule has 2 aromatic carbocycles. The maximum absolute atomic E-state index is 12.1. The zero-order valence-electron chi connectivity index (χ0n) is 14.8. The molecule has 0 aliphatic carbocycles. The van der Waals surface area contributed by atoms with E-state index in [0.29, 0.717) is 34.7 Å². The lowest BCUT2D eigenvalue weighted by Crippen LogP contribution is -2.42. The van der Waals surface area contributed by atoms with Gasteiger partial charge in [-0.05, 0) is 30.3 Å². The molecule has 1 aromatic heterocycles. The van der Waals surface area contributed by atoms with Crippen molar-refractivity contribution in [1.82, 2.24) is 15.3 Å². The number of para-hydroxylation sites is 2. The number of rotatable bonds is 5. The van der Waals surface area contributed by atoms with E-state index < -0.39 is 11.9 Å². The van der Waals surface area contributed by atoms with E-state index in [4.69, 9.17) is 14.2 Å². The van der Waals surface area contributed by atoms with Crippen LogP contribution in [0.3, 0.4) is 0 Å². The molecule has 1 aliphatic heterocycles. The molecule has 1 amide bonds. The Kier molecular flexibility index (Phi) is 5.01. The van der Waals surface area contributed by atoms with Crippen LogP contribution >= 0.6 is 0 Å². The van der Waals surface area contributed by atoms with Crippen LogP contribution < -0.4 is 14.8 Å². The van der Waals surface area contributed by atoms with Crippen LogP contribution in [0.1, 0.15) is 10.4 Å². The van der Waals surface area contributed by atoms with Gasteiger partial charge in [-0.1, -0.05) is 12.1 Å². The zero-order chi connectivity index (χ0) is 19.3. The lowest BCUT2D eigenvalue weighted by molar-refractivity contribution is -0.124. The second-order valence-electron chi connectivity index (χ2n) is 6.14. The Labute approximate surface area is 160 Å². The van der Waals surface area contributed by atoms with E-state index in [-0.39, 0.29) is 19.3 Å². The number of carbonyl (C=O) groups is 2. The van der Waals surface area contributed by atoms with Crippen molar-refractivity contribution in [1.29, 1.82) is 0 Å². The highest BCUT2D eigenvalue weighted by molar-refractivity contribution is 5.94. The zero-order valence-corrected chi connectivity index (χ0v) is 14.8. The van der Waals surface area contributed by atoms with Crippen molar-refractivity contribution < 1.29 is 23.8 Å². The summed E-state index contributed by atoms with van der Waals surface area (Å²) in [5.74, 6) is 0.295. The van der Waals surface area contributed by atoms with Crippen LogP contribution in [0.2, 0.25) is 0 Å². The Bertz CT molecular complexity index is 1020. The molecule has 0 radical (unpaired) electrons. The molecule has 0 bridgehead atoms. The largest absolute Gasteiger partial charge is 0.486 e. The van der Waals surface area contributed by atoms with Gasteiger partial charge in [-0.25, -0.2) is 4.79 Å². The van der Waals surface area contributed by atoms with Crippen molar-refractivity contribution >= 4 is 22.9 Å². The molecule has 0 fully saturated rings. The molecule has 8 heteroatoms. The third-order valence-electron chi connectivity index (χ3n) is 4.13. The summed E-state index contributed by atoms with van der Waals surface area (Å²) in [5.41, 5.74) is 1.56. The molecule has 8 nitrogen and oxygen atoms in total. The molecule has 1 aliphatic rings. The lowest BCUT2D eigenvalue weighted by Gasteiger charge is -2.26. The number of amides is 1. The van der Waals surface area contributed by atoms with Gasteiger partial charge in [-0.3, -0.25) is 14.8 Å². The number of hydrogen-bond donors (Lipinski definition) is 1. The summed E-state index contributed by atoms with van der Waals surface area (Å²) in [4.78, 5) is 32.4. The Morgan fingerprint density at radius 3 is 2.71 bits per heavy atom. The maximum Gasteiger partial charge on any atom is 0.338 e. The minimum absolute atomic E-state index is 0.246. The molecule has 1 N–H and O–H groups in total. The van der Waals surface area contributed by atoms with Gasteiger partial charge in [0.05, 0.1) is 23.1 Å². The summed E-state index contributed by atoms with van der Waals surface area (Å²) in [6, 6.07) is 12.2. The van der Waals surface area contributed by atoms with E-state index in [0.717, 1.165) is 0 Å². The number of benzene rings is 2. The predicted molar refractivity (Wildman–Crippen MR) is 99.2 cm³/mol. The summed E-state index contributed by atoms with van der Waals surface area (Å²) < 4.78 is 16.4. The predicted octanol–water partition coefficient (Wildman–Crippen LogP) is 1.74. The first-order valence-electron chi connectivity index (χ1n) is 8.72. The number of ether oxygens (including phenoxy) is 3. The van der Waals surface area contributed by atoms with Crippen molar-refractivity contribution in [3.63, 3.8) is 0 Å². The van der Waals surface area contributed by atoms with E-state index in [9.17, 15) is 9.59 Å². The second kappa shape index (κ2) is 7.91. The fourth-order valence-corrected chi connectivity index (χ4v) is 2.75. The molecule has 28 heavy (non-hydrogen) atoms. The minimum Gasteiger partial charge on any atom is -0.486 e. The van der Waals surface area contributed by atoms with Gasteiger partial charge in [0.25, 0.3) is 5.91 Å². The van der Waals surface area contributed by atoms with Gasteiger partial charge < -0.3 is 19.5 Å². The summed E-state index contributed by atoms with van der Waals surface area (Å²) in [6.45, 7) is 0.187. The molecular weight excluding hydrogens is 362 g/mol. The van der Waals surface area contributed by atoms with E-state index in [1.807, 2.05) is 18.2 Å². The van der Waals surface area contributed by atoms with Gasteiger partial charge in [0, 0.05) is 12.4 Å². The molecule has 2 heterocycles. The van der Waals surface area contributed by atoms with E-state index in [1.165, 1.54) is 0 Å². The topological polar surface area (TPSA) is 99.6 Å². The highest BCUT2D eigenvalue weighted by Gasteiger charge is 2.21. The van der Waals surface area contributed by atoms with Gasteiger partial charge in [-0.15, -0.1) is 0 Å². The fraction of sp³-hybridized carbons (Fsp3) is 0.200. The van der Waals surface area contributed by atoms with Gasteiger partial charge in [0.1, 0.15) is 12.7 Å². The Hall–Kier alpha value is -3.68. The number of nitrogens with one attached hydrogen (secondary N) is 1. The van der Waals surface area contributed by atoms with Crippen LogP contribution in [0.4, 0.5) is 0 Å². The van der Waals surface area contributed by atoms with E-state index in [2.05, 4.69) is 15.3 Å². The minimum atomic E-state index is -0.603. The Morgan fingerprint density at radius 2 is 1.86 bits per heavy atom. The molecule has 1 unspecified atom stereocenters. The average Bonchev–Trinajstić information content (AvgIpc) is 2.75. The van der Waals surface area contributed by atoms with Crippen LogP contribution in [-0.2, 0) is 9.53 Å². The Balaban J connectivity index is 1.25. The van der Waals surface area contributed by atoms with Crippen LogP contribution in [0.5, 0.6) is 11.5 Å². The summed E-state index contributed by atoms with van der Waals surface area (Å²) in [6.07, 6.45) is 2.80. The number of fused-ring (bicyclic) bond motifs is 2. The number of hydrogen-bond acceptors (Lipinski definition) is 7. The smallest absolute Gasteiger partial charge is 0.338 e. The van der Waals surface area contributed by atoms with Crippen LogP contribution in [-0.4, -0.2) is 47.7 Å². The van der Waals surface area contributed by atoms with E-state index in [1.54, 1.807) is 36.7 Å². The monoisotopic (exact) mass is 379 g/mol. The maximum atomic E-state index is 12.1. The highest BCUT2D eigenvalue weighted by Crippen LogP contribution is 2.30. The summed E-state index contributed by atoms with van der Waals surface area (Å²) in [5, 5.41) is 2.68.